The molecule has 0 radical (unpaired) electrons. The number of piperidine rings is 1. The van der Waals surface area contributed by atoms with E-state index in [1.165, 1.54) is 0 Å². The van der Waals surface area contributed by atoms with Crippen LogP contribution in [-0.2, 0) is 14.3 Å². The number of amides is 1. The fourth-order valence-corrected chi connectivity index (χ4v) is 3.04. The lowest BCUT2D eigenvalue weighted by Gasteiger charge is -2.39. The van der Waals surface area contributed by atoms with Crippen molar-refractivity contribution in [3.8, 4) is 0 Å². The van der Waals surface area contributed by atoms with E-state index < -0.39 is 18.0 Å². The van der Waals surface area contributed by atoms with Gasteiger partial charge in [-0.3, -0.25) is 9.59 Å². The zero-order valence-electron chi connectivity index (χ0n) is 13.1. The third-order valence-corrected chi connectivity index (χ3v) is 4.25. The predicted molar refractivity (Wildman–Crippen MR) is 82.3 cm³/mol. The van der Waals surface area contributed by atoms with Crippen molar-refractivity contribution >= 4 is 11.9 Å². The molecule has 1 unspecified atom stereocenters. The number of hydrogen-bond acceptors (Lipinski definition) is 3. The molecule has 2 rings (SSSR count). The second-order valence-corrected chi connectivity index (χ2v) is 5.61. The molecule has 1 aliphatic heterocycles. The number of nitrogens with zero attached hydrogens (tertiary/aromatic N) is 1. The number of benzene rings is 1. The number of carbonyl (C=O) groups excluding carboxylic acids is 1. The molecule has 1 aromatic carbocycles. The molecule has 5 heteroatoms. The van der Waals surface area contributed by atoms with Crippen LogP contribution in [0.3, 0.4) is 0 Å². The maximum absolute atomic E-state index is 12.9. The van der Waals surface area contributed by atoms with Crippen LogP contribution >= 0.6 is 0 Å². The van der Waals surface area contributed by atoms with Crippen molar-refractivity contribution in [2.45, 2.75) is 38.8 Å². The van der Waals surface area contributed by atoms with E-state index in [0.717, 1.165) is 5.56 Å². The van der Waals surface area contributed by atoms with E-state index in [1.54, 1.807) is 4.90 Å². The van der Waals surface area contributed by atoms with E-state index in [-0.39, 0.29) is 11.9 Å². The molecule has 120 valence electrons. The zero-order chi connectivity index (χ0) is 16.1. The van der Waals surface area contributed by atoms with Gasteiger partial charge in [-0.15, -0.1) is 0 Å². The van der Waals surface area contributed by atoms with Gasteiger partial charge in [0.15, 0.2) is 6.10 Å². The SMILES string of the molecule is CCOC(C(=O)N1CCC[C@H](C(=O)O)[C@@H]1C)c1ccccc1. The molecule has 1 aromatic rings. The number of aliphatic carboxylic acids is 1. The standard InChI is InChI=1S/C17H23NO4/c1-3-22-15(13-8-5-4-6-9-13)16(19)18-11-7-10-14(12(18)2)17(20)21/h4-6,8-9,12,14-15H,3,7,10-11H2,1-2H3,(H,20,21)/t12-,14-,15?/m0/s1. The molecule has 0 spiro atoms. The third kappa shape index (κ3) is 3.47. The maximum atomic E-state index is 12.9. The summed E-state index contributed by atoms with van der Waals surface area (Å²) >= 11 is 0. The van der Waals surface area contributed by atoms with E-state index in [9.17, 15) is 14.7 Å². The van der Waals surface area contributed by atoms with Gasteiger partial charge >= 0.3 is 5.97 Å². The van der Waals surface area contributed by atoms with E-state index in [1.807, 2.05) is 44.2 Å². The van der Waals surface area contributed by atoms with E-state index in [2.05, 4.69) is 0 Å². The summed E-state index contributed by atoms with van der Waals surface area (Å²) in [6.45, 7) is 4.67. The fourth-order valence-electron chi connectivity index (χ4n) is 3.04. The van der Waals surface area contributed by atoms with E-state index in [0.29, 0.717) is 26.0 Å². The van der Waals surface area contributed by atoms with Gasteiger partial charge in [0.25, 0.3) is 5.91 Å². The summed E-state index contributed by atoms with van der Waals surface area (Å²) in [6.07, 6.45) is 0.659. The first-order valence-corrected chi connectivity index (χ1v) is 7.76. The number of carbonyl (C=O) groups is 2. The van der Waals surface area contributed by atoms with Crippen LogP contribution in [0.25, 0.3) is 0 Å². The molecule has 0 aliphatic carbocycles. The average molecular weight is 305 g/mol. The van der Waals surface area contributed by atoms with E-state index >= 15 is 0 Å². The monoisotopic (exact) mass is 305 g/mol. The van der Waals surface area contributed by atoms with Crippen molar-refractivity contribution in [3.05, 3.63) is 35.9 Å². The van der Waals surface area contributed by atoms with Crippen LogP contribution in [-0.4, -0.2) is 41.1 Å². The summed E-state index contributed by atoms with van der Waals surface area (Å²) in [5.74, 6) is -1.49. The minimum atomic E-state index is -0.835. The molecule has 0 bridgehead atoms. The second-order valence-electron chi connectivity index (χ2n) is 5.61. The van der Waals surface area contributed by atoms with Gasteiger partial charge in [-0.05, 0) is 32.3 Å². The topological polar surface area (TPSA) is 66.8 Å². The Hall–Kier alpha value is -1.88. The number of hydrogen-bond donors (Lipinski definition) is 1. The van der Waals surface area contributed by atoms with Crippen molar-refractivity contribution in [2.24, 2.45) is 5.92 Å². The van der Waals surface area contributed by atoms with Crippen LogP contribution in [0.4, 0.5) is 0 Å². The van der Waals surface area contributed by atoms with Crippen molar-refractivity contribution in [3.63, 3.8) is 0 Å². The van der Waals surface area contributed by atoms with Crippen LogP contribution < -0.4 is 0 Å². The first-order valence-electron chi connectivity index (χ1n) is 7.76. The Kier molecular flexibility index (Phi) is 5.55. The molecule has 22 heavy (non-hydrogen) atoms. The number of carboxylic acids is 1. The molecular formula is C17H23NO4. The lowest BCUT2D eigenvalue weighted by atomic mass is 9.89. The summed E-state index contributed by atoms with van der Waals surface area (Å²) in [5.41, 5.74) is 0.805. The van der Waals surface area contributed by atoms with E-state index in [4.69, 9.17) is 4.74 Å². The highest BCUT2D eigenvalue weighted by atomic mass is 16.5. The number of ether oxygens (including phenoxy) is 1. The highest BCUT2D eigenvalue weighted by molar-refractivity contribution is 5.83. The number of carboxylic acid groups (broad SMARTS) is 1. The molecule has 5 nitrogen and oxygen atoms in total. The molecule has 1 aliphatic rings. The highest BCUT2D eigenvalue weighted by Crippen LogP contribution is 2.28. The second kappa shape index (κ2) is 7.40. The molecule has 1 heterocycles. The Morgan fingerprint density at radius 2 is 2.05 bits per heavy atom. The summed E-state index contributed by atoms with van der Waals surface area (Å²) in [4.78, 5) is 25.9. The molecular weight excluding hydrogens is 282 g/mol. The first-order chi connectivity index (χ1) is 10.6. The van der Waals surface area contributed by atoms with Crippen LogP contribution in [0.15, 0.2) is 30.3 Å². The van der Waals surface area contributed by atoms with Gasteiger partial charge in [-0.1, -0.05) is 30.3 Å². The van der Waals surface area contributed by atoms with Gasteiger partial charge < -0.3 is 14.7 Å². The maximum Gasteiger partial charge on any atom is 0.308 e. The smallest absolute Gasteiger partial charge is 0.308 e. The van der Waals surface area contributed by atoms with Crippen LogP contribution in [0.1, 0.15) is 38.4 Å². The third-order valence-electron chi connectivity index (χ3n) is 4.25. The minimum Gasteiger partial charge on any atom is -0.481 e. The quantitative estimate of drug-likeness (QED) is 0.907. The fraction of sp³-hybridized carbons (Fsp3) is 0.529. The number of likely N-dealkylation sites (tertiary alicyclic amines) is 1. The molecule has 0 saturated carbocycles. The summed E-state index contributed by atoms with van der Waals surface area (Å²) in [6, 6.07) is 9.04. The average Bonchev–Trinajstić information content (AvgIpc) is 2.52. The normalized spacial score (nSPS) is 23.1. The van der Waals surface area contributed by atoms with Crippen LogP contribution in [0, 0.1) is 5.92 Å². The molecule has 3 atom stereocenters. The van der Waals surface area contributed by atoms with Gasteiger partial charge in [0.2, 0.25) is 0 Å². The van der Waals surface area contributed by atoms with Gasteiger partial charge in [0.1, 0.15) is 0 Å². The Balaban J connectivity index is 2.21. The summed E-state index contributed by atoms with van der Waals surface area (Å²) < 4.78 is 5.65. The Labute approximate surface area is 130 Å². The van der Waals surface area contributed by atoms with Gasteiger partial charge in [0, 0.05) is 19.2 Å². The lowest BCUT2D eigenvalue weighted by Crippen LogP contribution is -2.50. The van der Waals surface area contributed by atoms with Crippen molar-refractivity contribution in [1.29, 1.82) is 0 Å². The van der Waals surface area contributed by atoms with Crippen molar-refractivity contribution in [2.75, 3.05) is 13.2 Å². The largest absolute Gasteiger partial charge is 0.481 e. The minimum absolute atomic E-state index is 0.147. The van der Waals surface area contributed by atoms with Crippen molar-refractivity contribution < 1.29 is 19.4 Å². The van der Waals surface area contributed by atoms with Gasteiger partial charge in [-0.2, -0.15) is 0 Å². The lowest BCUT2D eigenvalue weighted by molar-refractivity contribution is -0.154. The van der Waals surface area contributed by atoms with Crippen molar-refractivity contribution in [1.82, 2.24) is 4.90 Å². The zero-order valence-corrected chi connectivity index (χ0v) is 13.1. The Bertz CT molecular complexity index is 517. The highest BCUT2D eigenvalue weighted by Gasteiger charge is 2.38. The van der Waals surface area contributed by atoms with Gasteiger partial charge in [0.05, 0.1) is 5.92 Å². The molecule has 1 amide bonds. The summed E-state index contributed by atoms with van der Waals surface area (Å²) in [7, 11) is 0. The van der Waals surface area contributed by atoms with Gasteiger partial charge in [-0.25, -0.2) is 0 Å². The molecule has 0 aromatic heterocycles. The molecule has 1 fully saturated rings. The molecule has 1 saturated heterocycles. The predicted octanol–water partition coefficient (Wildman–Crippen LogP) is 2.48. The molecule has 1 N–H and O–H groups in total. The van der Waals surface area contributed by atoms with Crippen LogP contribution in [0.2, 0.25) is 0 Å². The number of rotatable bonds is 5. The summed E-state index contributed by atoms with van der Waals surface area (Å²) in [5, 5.41) is 9.30. The van der Waals surface area contributed by atoms with Crippen LogP contribution in [0.5, 0.6) is 0 Å². The first kappa shape index (κ1) is 16.5. The Morgan fingerprint density at radius 3 is 2.64 bits per heavy atom. The Morgan fingerprint density at radius 1 is 1.36 bits per heavy atom.